The Bertz CT molecular complexity index is 608. The Hall–Kier alpha value is -1.66. The number of carbonyl (C=O) groups excluding carboxylic acids is 1. The summed E-state index contributed by atoms with van der Waals surface area (Å²) in [6, 6.07) is 1.96. The Labute approximate surface area is 127 Å². The summed E-state index contributed by atoms with van der Waals surface area (Å²) in [4.78, 5) is 19.0. The molecule has 0 spiro atoms. The predicted octanol–water partition coefficient (Wildman–Crippen LogP) is 2.60. The molecule has 0 radical (unpaired) electrons. The molecule has 1 saturated heterocycles. The topological polar surface area (TPSA) is 72.4 Å². The Balaban J connectivity index is 1.81. The summed E-state index contributed by atoms with van der Waals surface area (Å²) >= 11 is 1.46. The summed E-state index contributed by atoms with van der Waals surface area (Å²) in [5, 5.41) is 2.62. The van der Waals surface area contributed by atoms with Crippen LogP contribution in [0, 0.1) is 5.92 Å². The molecule has 0 aromatic carbocycles. The molecular formula is C15H19N3O2S. The molecule has 6 heteroatoms. The third kappa shape index (κ3) is 2.73. The second-order valence-corrected chi connectivity index (χ2v) is 6.33. The zero-order valence-corrected chi connectivity index (χ0v) is 12.8. The van der Waals surface area contributed by atoms with E-state index in [-0.39, 0.29) is 11.9 Å². The smallest absolute Gasteiger partial charge is 0.273 e. The van der Waals surface area contributed by atoms with Crippen LogP contribution in [0.15, 0.2) is 28.4 Å². The summed E-state index contributed by atoms with van der Waals surface area (Å²) in [6.07, 6.45) is 5.40. The van der Waals surface area contributed by atoms with E-state index in [1.54, 1.807) is 12.5 Å². The lowest BCUT2D eigenvalue weighted by Gasteiger charge is -2.39. The van der Waals surface area contributed by atoms with Gasteiger partial charge < -0.3 is 15.1 Å². The number of nitrogens with two attached hydrogens (primary N) is 1. The van der Waals surface area contributed by atoms with E-state index < -0.39 is 0 Å². The molecule has 0 unspecified atom stereocenters. The predicted molar refractivity (Wildman–Crippen MR) is 82.1 cm³/mol. The van der Waals surface area contributed by atoms with Crippen molar-refractivity contribution >= 4 is 17.2 Å². The molecule has 1 fully saturated rings. The Morgan fingerprint density at radius 2 is 2.48 bits per heavy atom. The molecule has 0 saturated carbocycles. The highest BCUT2D eigenvalue weighted by Crippen LogP contribution is 2.27. The van der Waals surface area contributed by atoms with Crippen LogP contribution in [-0.2, 0) is 0 Å². The molecule has 112 valence electrons. The highest BCUT2D eigenvalue weighted by molar-refractivity contribution is 7.13. The Morgan fingerprint density at radius 3 is 3.19 bits per heavy atom. The second-order valence-electron chi connectivity index (χ2n) is 5.47. The second kappa shape index (κ2) is 5.99. The monoisotopic (exact) mass is 305 g/mol. The van der Waals surface area contributed by atoms with Gasteiger partial charge in [0.2, 0.25) is 0 Å². The zero-order valence-electron chi connectivity index (χ0n) is 12.0. The zero-order chi connectivity index (χ0) is 14.8. The lowest BCUT2D eigenvalue weighted by atomic mass is 9.90. The molecule has 3 rings (SSSR count). The highest BCUT2D eigenvalue weighted by atomic mass is 32.1. The number of aromatic nitrogens is 1. The quantitative estimate of drug-likeness (QED) is 0.946. The number of rotatable bonds is 3. The Kier molecular flexibility index (Phi) is 4.07. The number of furan rings is 1. The minimum absolute atomic E-state index is 0.0111. The van der Waals surface area contributed by atoms with Crippen molar-refractivity contribution in [2.75, 3.05) is 13.1 Å². The molecule has 5 nitrogen and oxygen atoms in total. The molecular weight excluding hydrogens is 286 g/mol. The van der Waals surface area contributed by atoms with Crippen LogP contribution in [0.25, 0.3) is 10.6 Å². The van der Waals surface area contributed by atoms with Crippen LogP contribution < -0.4 is 5.73 Å². The first-order valence-corrected chi connectivity index (χ1v) is 8.08. The third-order valence-corrected chi connectivity index (χ3v) is 5.00. The lowest BCUT2D eigenvalue weighted by Crippen LogP contribution is -2.51. The first-order chi connectivity index (χ1) is 10.2. The largest absolute Gasteiger partial charge is 0.472 e. The molecule has 1 aliphatic rings. The first-order valence-electron chi connectivity index (χ1n) is 7.20. The maximum atomic E-state index is 12.7. The summed E-state index contributed by atoms with van der Waals surface area (Å²) in [5.74, 6) is 0.433. The summed E-state index contributed by atoms with van der Waals surface area (Å²) < 4.78 is 5.06. The number of piperidine rings is 1. The molecule has 2 aromatic heterocycles. The minimum Gasteiger partial charge on any atom is -0.472 e. The van der Waals surface area contributed by atoms with Crippen LogP contribution in [-0.4, -0.2) is 34.9 Å². The number of likely N-dealkylation sites (tertiary alicyclic amines) is 1. The van der Waals surface area contributed by atoms with Gasteiger partial charge in [0, 0.05) is 30.1 Å². The summed E-state index contributed by atoms with van der Waals surface area (Å²) in [7, 11) is 0. The molecule has 2 atom stereocenters. The van der Waals surface area contributed by atoms with Gasteiger partial charge in [-0.05, 0) is 24.8 Å². The van der Waals surface area contributed by atoms with Gasteiger partial charge >= 0.3 is 0 Å². The average Bonchev–Trinajstić information content (AvgIpc) is 3.16. The van der Waals surface area contributed by atoms with Gasteiger partial charge in [-0.25, -0.2) is 4.98 Å². The van der Waals surface area contributed by atoms with Crippen molar-refractivity contribution in [2.45, 2.75) is 25.8 Å². The van der Waals surface area contributed by atoms with E-state index in [2.05, 4.69) is 11.9 Å². The third-order valence-electron chi connectivity index (χ3n) is 4.11. The van der Waals surface area contributed by atoms with E-state index >= 15 is 0 Å². The van der Waals surface area contributed by atoms with Gasteiger partial charge in [0.15, 0.2) is 0 Å². The maximum absolute atomic E-state index is 12.7. The van der Waals surface area contributed by atoms with Crippen molar-refractivity contribution in [3.8, 4) is 10.6 Å². The highest BCUT2D eigenvalue weighted by Gasteiger charge is 2.32. The number of amides is 1. The Morgan fingerprint density at radius 1 is 1.62 bits per heavy atom. The standard InChI is InChI=1S/C15H19N3O2S/c1-10-3-2-5-18(13(10)7-16)15(19)12-9-21-14(17-12)11-4-6-20-8-11/h4,6,8-10,13H,2-3,5,7,16H2,1H3/t10-,13-/m1/s1. The van der Waals surface area contributed by atoms with Crippen molar-refractivity contribution in [2.24, 2.45) is 11.7 Å². The van der Waals surface area contributed by atoms with E-state index in [9.17, 15) is 4.79 Å². The molecule has 3 heterocycles. The van der Waals surface area contributed by atoms with Crippen molar-refractivity contribution in [1.29, 1.82) is 0 Å². The number of hydrogen-bond donors (Lipinski definition) is 1. The van der Waals surface area contributed by atoms with Gasteiger partial charge in [-0.1, -0.05) is 6.92 Å². The van der Waals surface area contributed by atoms with Crippen molar-refractivity contribution in [1.82, 2.24) is 9.88 Å². The van der Waals surface area contributed by atoms with Crippen LogP contribution in [0.4, 0.5) is 0 Å². The molecule has 0 aliphatic carbocycles. The number of carbonyl (C=O) groups is 1. The number of nitrogens with zero attached hydrogens (tertiary/aromatic N) is 2. The van der Waals surface area contributed by atoms with E-state index in [0.717, 1.165) is 30.0 Å². The molecule has 1 aliphatic heterocycles. The van der Waals surface area contributed by atoms with Gasteiger partial charge in [0.25, 0.3) is 5.91 Å². The van der Waals surface area contributed by atoms with Crippen LogP contribution in [0.5, 0.6) is 0 Å². The molecule has 2 aromatic rings. The van der Waals surface area contributed by atoms with Gasteiger partial charge in [-0.3, -0.25) is 4.79 Å². The van der Waals surface area contributed by atoms with E-state index in [0.29, 0.717) is 18.2 Å². The summed E-state index contributed by atoms with van der Waals surface area (Å²) in [5.41, 5.74) is 7.27. The number of hydrogen-bond acceptors (Lipinski definition) is 5. The van der Waals surface area contributed by atoms with Gasteiger partial charge in [-0.2, -0.15) is 0 Å². The van der Waals surface area contributed by atoms with Crippen LogP contribution in [0.1, 0.15) is 30.3 Å². The van der Waals surface area contributed by atoms with Crippen LogP contribution in [0.3, 0.4) is 0 Å². The molecule has 1 amide bonds. The van der Waals surface area contributed by atoms with Crippen LogP contribution >= 0.6 is 11.3 Å². The van der Waals surface area contributed by atoms with E-state index in [4.69, 9.17) is 10.2 Å². The van der Waals surface area contributed by atoms with E-state index in [1.807, 2.05) is 16.3 Å². The van der Waals surface area contributed by atoms with Crippen molar-refractivity contribution in [3.05, 3.63) is 29.7 Å². The minimum atomic E-state index is -0.0111. The van der Waals surface area contributed by atoms with Crippen molar-refractivity contribution < 1.29 is 9.21 Å². The fourth-order valence-electron chi connectivity index (χ4n) is 2.90. The number of thiazole rings is 1. The van der Waals surface area contributed by atoms with Gasteiger partial charge in [-0.15, -0.1) is 11.3 Å². The van der Waals surface area contributed by atoms with Gasteiger partial charge in [0.1, 0.15) is 17.0 Å². The lowest BCUT2D eigenvalue weighted by molar-refractivity contribution is 0.0527. The molecule has 2 N–H and O–H groups in total. The van der Waals surface area contributed by atoms with Gasteiger partial charge in [0.05, 0.1) is 6.26 Å². The normalized spacial score (nSPS) is 22.5. The first kappa shape index (κ1) is 14.3. The average molecular weight is 305 g/mol. The summed E-state index contributed by atoms with van der Waals surface area (Å²) in [6.45, 7) is 3.43. The van der Waals surface area contributed by atoms with Crippen LogP contribution in [0.2, 0.25) is 0 Å². The molecule has 0 bridgehead atoms. The van der Waals surface area contributed by atoms with Crippen molar-refractivity contribution in [3.63, 3.8) is 0 Å². The fraction of sp³-hybridized carbons (Fsp3) is 0.467. The van der Waals surface area contributed by atoms with E-state index in [1.165, 1.54) is 11.3 Å². The molecule has 21 heavy (non-hydrogen) atoms. The maximum Gasteiger partial charge on any atom is 0.273 e. The fourth-order valence-corrected chi connectivity index (χ4v) is 3.68. The SMILES string of the molecule is C[C@@H]1CCCN(C(=O)c2csc(-c3ccoc3)n2)[C@@H]1CN.